The predicted molar refractivity (Wildman–Crippen MR) is 109 cm³/mol. The summed E-state index contributed by atoms with van der Waals surface area (Å²) < 4.78 is 6.37. The van der Waals surface area contributed by atoms with Gasteiger partial charge >= 0.3 is 11.3 Å². The van der Waals surface area contributed by atoms with E-state index in [1.807, 2.05) is 18.2 Å². The Balaban J connectivity index is 1.48. The van der Waals surface area contributed by atoms with Crippen LogP contribution in [0.3, 0.4) is 0 Å². The number of anilines is 2. The van der Waals surface area contributed by atoms with Crippen molar-refractivity contribution in [1.29, 1.82) is 0 Å². The molecule has 2 aromatic carbocycles. The molecule has 1 unspecified atom stereocenters. The maximum Gasteiger partial charge on any atom is 0.431 e. The van der Waals surface area contributed by atoms with Gasteiger partial charge in [-0.15, -0.1) is 0 Å². The zero-order valence-corrected chi connectivity index (χ0v) is 16.6. The molecule has 0 bridgehead atoms. The van der Waals surface area contributed by atoms with Gasteiger partial charge in [-0.3, -0.25) is 24.2 Å². The van der Waals surface area contributed by atoms with Gasteiger partial charge in [0.05, 0.1) is 24.7 Å². The number of aromatic amines is 1. The second-order valence-electron chi connectivity index (χ2n) is 7.03. The fraction of sp³-hybridized carbons (Fsp3) is 0.190. The number of hydrogen-bond donors (Lipinski definition) is 3. The molecule has 158 valence electrons. The molecule has 31 heavy (non-hydrogen) atoms. The lowest BCUT2D eigenvalue weighted by atomic mass is 10.2. The van der Waals surface area contributed by atoms with Gasteiger partial charge in [-0.2, -0.15) is 0 Å². The minimum Gasteiger partial charge on any atom is -0.326 e. The molecule has 1 aliphatic heterocycles. The molecular weight excluding hydrogens is 402 g/mol. The Bertz CT molecular complexity index is 1180. The molecule has 1 saturated heterocycles. The number of carbonyl (C=O) groups is 3. The molecule has 1 fully saturated rings. The topological polar surface area (TPSA) is 128 Å². The Hall–Kier alpha value is -4.05. The van der Waals surface area contributed by atoms with Gasteiger partial charge < -0.3 is 5.32 Å². The number of aromatic nitrogens is 2. The third kappa shape index (κ3) is 4.14. The maximum atomic E-state index is 12.8. The van der Waals surface area contributed by atoms with E-state index in [-0.39, 0.29) is 30.5 Å². The van der Waals surface area contributed by atoms with E-state index < -0.39 is 17.6 Å². The second-order valence-corrected chi connectivity index (χ2v) is 7.03. The lowest BCUT2D eigenvalue weighted by Gasteiger charge is -2.15. The zero-order valence-electron chi connectivity index (χ0n) is 16.6. The van der Waals surface area contributed by atoms with E-state index >= 15 is 0 Å². The van der Waals surface area contributed by atoms with Crippen molar-refractivity contribution in [3.8, 4) is 5.69 Å². The smallest absolute Gasteiger partial charge is 0.326 e. The minimum atomic E-state index is -0.777. The molecule has 0 radical (unpaired) electrons. The number of imide groups is 1. The van der Waals surface area contributed by atoms with Crippen LogP contribution in [0, 0.1) is 0 Å². The Morgan fingerprint density at radius 3 is 2.52 bits per heavy atom. The molecule has 1 atom stereocenters. The number of H-pyrrole nitrogens is 1. The van der Waals surface area contributed by atoms with Crippen molar-refractivity contribution in [1.82, 2.24) is 10.6 Å². The summed E-state index contributed by atoms with van der Waals surface area (Å²) >= 11 is 0. The van der Waals surface area contributed by atoms with Gasteiger partial charge in [-0.25, -0.2) is 9.69 Å². The lowest BCUT2D eigenvalue weighted by Crippen LogP contribution is -2.44. The van der Waals surface area contributed by atoms with Crippen LogP contribution in [0.25, 0.3) is 5.69 Å². The van der Waals surface area contributed by atoms with Crippen molar-refractivity contribution in [2.45, 2.75) is 25.9 Å². The maximum absolute atomic E-state index is 12.8. The molecule has 4 rings (SSSR count). The highest BCUT2D eigenvalue weighted by molar-refractivity contribution is 6.22. The molecule has 0 saturated carbocycles. The first-order valence-electron chi connectivity index (χ1n) is 9.59. The van der Waals surface area contributed by atoms with Gasteiger partial charge in [0.2, 0.25) is 17.5 Å². The Morgan fingerprint density at radius 2 is 1.84 bits per heavy atom. The van der Waals surface area contributed by atoms with Crippen LogP contribution < -0.4 is 25.8 Å². The molecule has 3 amide bonds. The molecule has 10 nitrogen and oxygen atoms in total. The van der Waals surface area contributed by atoms with Crippen LogP contribution in [0.2, 0.25) is 0 Å². The number of carbonyl (C=O) groups excluding carboxylic acids is 3. The molecule has 3 N–H and O–H groups in total. The predicted octanol–water partition coefficient (Wildman–Crippen LogP) is 0.625. The molecule has 1 aliphatic rings. The average molecular weight is 422 g/mol. The number of benzene rings is 2. The summed E-state index contributed by atoms with van der Waals surface area (Å²) in [4.78, 5) is 49.7. The fourth-order valence-electron chi connectivity index (χ4n) is 3.41. The van der Waals surface area contributed by atoms with Gasteiger partial charge in [0.1, 0.15) is 0 Å². The summed E-state index contributed by atoms with van der Waals surface area (Å²) in [7, 11) is 0. The van der Waals surface area contributed by atoms with Gasteiger partial charge in [0.25, 0.3) is 5.91 Å². The van der Waals surface area contributed by atoms with E-state index in [0.29, 0.717) is 17.1 Å². The van der Waals surface area contributed by atoms with Gasteiger partial charge in [0.15, 0.2) is 0 Å². The van der Waals surface area contributed by atoms with Crippen molar-refractivity contribution in [2.24, 2.45) is 0 Å². The van der Waals surface area contributed by atoms with Crippen LogP contribution in [0.1, 0.15) is 19.0 Å². The molecule has 1 aromatic heterocycles. The van der Waals surface area contributed by atoms with E-state index in [4.69, 9.17) is 4.52 Å². The number of para-hydroxylation sites is 1. The van der Waals surface area contributed by atoms with E-state index in [0.717, 1.165) is 4.90 Å². The highest BCUT2D eigenvalue weighted by Gasteiger charge is 2.40. The molecule has 0 aliphatic carbocycles. The third-order valence-electron chi connectivity index (χ3n) is 4.86. The quantitative estimate of drug-likeness (QED) is 0.395. The van der Waals surface area contributed by atoms with E-state index in [1.54, 1.807) is 36.4 Å². The van der Waals surface area contributed by atoms with Crippen LogP contribution in [-0.4, -0.2) is 29.0 Å². The van der Waals surface area contributed by atoms with Crippen molar-refractivity contribution in [3.05, 3.63) is 70.7 Å². The first-order chi connectivity index (χ1) is 14.9. The Morgan fingerprint density at radius 1 is 1.13 bits per heavy atom. The second kappa shape index (κ2) is 8.36. The van der Waals surface area contributed by atoms with Crippen molar-refractivity contribution in [2.75, 3.05) is 10.2 Å². The summed E-state index contributed by atoms with van der Waals surface area (Å²) in [5.41, 5.74) is 1.37. The van der Waals surface area contributed by atoms with E-state index in [9.17, 15) is 19.2 Å². The van der Waals surface area contributed by atoms with Crippen molar-refractivity contribution in [3.63, 3.8) is 0 Å². The number of nitrogens with zero attached hydrogens (tertiary/aromatic N) is 2. The lowest BCUT2D eigenvalue weighted by molar-refractivity contribution is -0.677. The monoisotopic (exact) mass is 422 g/mol. The van der Waals surface area contributed by atoms with Crippen molar-refractivity contribution < 1.29 is 23.6 Å². The molecule has 2 heterocycles. The Labute approximate surface area is 176 Å². The summed E-state index contributed by atoms with van der Waals surface area (Å²) in [6, 6.07) is 14.7. The van der Waals surface area contributed by atoms with Crippen LogP contribution >= 0.6 is 0 Å². The van der Waals surface area contributed by atoms with Gasteiger partial charge in [0, 0.05) is 24.7 Å². The normalized spacial score (nSPS) is 16.0. The third-order valence-corrected chi connectivity index (χ3v) is 4.86. The number of amides is 3. The fourth-order valence-corrected chi connectivity index (χ4v) is 3.41. The molecular formula is C21H20N5O5+. The largest absolute Gasteiger partial charge is 0.431 e. The number of rotatable bonds is 6. The molecule has 10 heteroatoms. The first kappa shape index (κ1) is 20.2. The minimum absolute atomic E-state index is 0.0275. The Kier molecular flexibility index (Phi) is 5.46. The standard InChI is InChI=1S/C21H19N5O5/c1-13(27)23-14-7-9-15(10-8-14)25-19(28)11-17(20(25)29)22-12-18-21(30)31-24-26(18)16-5-3-2-4-6-16/h2-10,17,22H,11-12H2,1H3,(H-,23,24,27,30)/p+1. The van der Waals surface area contributed by atoms with Crippen molar-refractivity contribution >= 4 is 29.1 Å². The summed E-state index contributed by atoms with van der Waals surface area (Å²) in [6.07, 6.45) is -0.0344. The highest BCUT2D eigenvalue weighted by atomic mass is 16.5. The highest BCUT2D eigenvalue weighted by Crippen LogP contribution is 2.24. The van der Waals surface area contributed by atoms with Crippen LogP contribution in [0.15, 0.2) is 63.9 Å². The van der Waals surface area contributed by atoms with Crippen LogP contribution in [0.5, 0.6) is 0 Å². The SMILES string of the molecule is CC(=O)Nc1ccc(N2C(=O)CC(NCc3c(=O)o[nH][n+]3-c3ccccc3)C2=O)cc1. The zero-order chi connectivity index (χ0) is 22.0. The van der Waals surface area contributed by atoms with Crippen LogP contribution in [-0.2, 0) is 20.9 Å². The summed E-state index contributed by atoms with van der Waals surface area (Å²) in [5.74, 6) is -0.984. The number of nitrogens with one attached hydrogen (secondary N) is 3. The summed E-state index contributed by atoms with van der Waals surface area (Å²) in [6.45, 7) is 1.42. The first-order valence-corrected chi connectivity index (χ1v) is 9.59. The summed E-state index contributed by atoms with van der Waals surface area (Å²) in [5, 5.41) is 8.15. The molecule has 3 aromatic rings. The van der Waals surface area contributed by atoms with E-state index in [1.165, 1.54) is 11.6 Å². The number of hydrogen-bond acceptors (Lipinski definition) is 6. The van der Waals surface area contributed by atoms with Crippen LogP contribution in [0.4, 0.5) is 11.4 Å². The van der Waals surface area contributed by atoms with Gasteiger partial charge in [-0.05, 0) is 34.2 Å². The molecule has 0 spiro atoms. The van der Waals surface area contributed by atoms with E-state index in [2.05, 4.69) is 15.9 Å². The van der Waals surface area contributed by atoms with Gasteiger partial charge in [-0.1, -0.05) is 18.2 Å². The average Bonchev–Trinajstić information content (AvgIpc) is 3.26.